The van der Waals surface area contributed by atoms with Gasteiger partial charge in [0.15, 0.2) is 5.92 Å². The minimum absolute atomic E-state index is 0.106. The molecule has 1 aliphatic carbocycles. The molecule has 1 aliphatic rings. The number of hydrogen-bond acceptors (Lipinski definition) is 4. The van der Waals surface area contributed by atoms with Crippen LogP contribution in [0.2, 0.25) is 0 Å². The van der Waals surface area contributed by atoms with Gasteiger partial charge in [-0.05, 0) is 48.6 Å². The van der Waals surface area contributed by atoms with Gasteiger partial charge in [-0.25, -0.2) is 0 Å². The van der Waals surface area contributed by atoms with E-state index in [1.165, 1.54) is 0 Å². The maximum absolute atomic E-state index is 13.2. The van der Waals surface area contributed by atoms with Crippen LogP contribution < -0.4 is 0 Å². The molecule has 2 aromatic rings. The first-order chi connectivity index (χ1) is 15.0. The number of carbonyl (C=O) groups is 2. The highest BCUT2D eigenvalue weighted by Crippen LogP contribution is 2.42. The largest absolute Gasteiger partial charge is 0.460 e. The van der Waals surface area contributed by atoms with Crippen molar-refractivity contribution in [2.75, 3.05) is 0 Å². The summed E-state index contributed by atoms with van der Waals surface area (Å²) in [6.45, 7) is 8.57. The third-order valence-corrected chi connectivity index (χ3v) is 6.18. The van der Waals surface area contributed by atoms with Gasteiger partial charge in [-0.2, -0.15) is 0 Å². The van der Waals surface area contributed by atoms with E-state index in [9.17, 15) is 9.59 Å². The summed E-state index contributed by atoms with van der Waals surface area (Å²) >= 11 is 0. The van der Waals surface area contributed by atoms with Crippen LogP contribution in [-0.2, 0) is 32.3 Å². The summed E-state index contributed by atoms with van der Waals surface area (Å²) in [6.07, 6.45) is 2.78. The molecule has 3 rings (SSSR count). The number of esters is 2. The SMILES string of the molecule is C=C(C)[C@@H]1CC[C@@H](C)C[C@H]1C(C(=O)OCc1ccccc1)C(=O)OCc1ccccc1. The monoisotopic (exact) mass is 420 g/mol. The first-order valence-corrected chi connectivity index (χ1v) is 11.0. The van der Waals surface area contributed by atoms with E-state index < -0.39 is 17.9 Å². The Morgan fingerprint density at radius 2 is 1.39 bits per heavy atom. The maximum Gasteiger partial charge on any atom is 0.320 e. The van der Waals surface area contributed by atoms with Gasteiger partial charge in [-0.15, -0.1) is 0 Å². The van der Waals surface area contributed by atoms with Crippen LogP contribution in [0.1, 0.15) is 44.2 Å². The summed E-state index contributed by atoms with van der Waals surface area (Å²) in [7, 11) is 0. The number of benzene rings is 2. The van der Waals surface area contributed by atoms with Crippen LogP contribution in [0.5, 0.6) is 0 Å². The van der Waals surface area contributed by atoms with Crippen LogP contribution in [-0.4, -0.2) is 11.9 Å². The Kier molecular flexibility index (Phi) is 8.05. The van der Waals surface area contributed by atoms with Crippen molar-refractivity contribution in [1.29, 1.82) is 0 Å². The van der Waals surface area contributed by atoms with Gasteiger partial charge >= 0.3 is 11.9 Å². The lowest BCUT2D eigenvalue weighted by atomic mass is 9.67. The van der Waals surface area contributed by atoms with Crippen molar-refractivity contribution >= 4 is 11.9 Å². The van der Waals surface area contributed by atoms with Gasteiger partial charge in [-0.1, -0.05) is 86.2 Å². The molecule has 0 heterocycles. The molecule has 4 nitrogen and oxygen atoms in total. The summed E-state index contributed by atoms with van der Waals surface area (Å²) in [5.74, 6) is -1.58. The predicted molar refractivity (Wildman–Crippen MR) is 121 cm³/mol. The van der Waals surface area contributed by atoms with Crippen molar-refractivity contribution in [2.24, 2.45) is 23.7 Å². The third-order valence-electron chi connectivity index (χ3n) is 6.18. The second kappa shape index (κ2) is 10.9. The van der Waals surface area contributed by atoms with Crippen LogP contribution >= 0.6 is 0 Å². The van der Waals surface area contributed by atoms with Gasteiger partial charge in [-0.3, -0.25) is 9.59 Å². The first kappa shape index (κ1) is 22.8. The third kappa shape index (κ3) is 6.30. The minimum atomic E-state index is -0.947. The molecule has 0 unspecified atom stereocenters. The molecule has 164 valence electrons. The molecular formula is C27H32O4. The van der Waals surface area contributed by atoms with Gasteiger partial charge in [0, 0.05) is 0 Å². The topological polar surface area (TPSA) is 52.6 Å². The molecule has 0 bridgehead atoms. The van der Waals surface area contributed by atoms with E-state index in [1.807, 2.05) is 67.6 Å². The van der Waals surface area contributed by atoms with Gasteiger partial charge in [0.05, 0.1) is 0 Å². The highest BCUT2D eigenvalue weighted by molar-refractivity contribution is 5.95. The summed E-state index contributed by atoms with van der Waals surface area (Å²) in [4.78, 5) is 26.4. The molecule has 4 heteroatoms. The Hall–Kier alpha value is -2.88. The van der Waals surface area contributed by atoms with E-state index in [-0.39, 0.29) is 25.0 Å². The number of allylic oxidation sites excluding steroid dienone is 1. The van der Waals surface area contributed by atoms with Crippen molar-refractivity contribution in [2.45, 2.75) is 46.3 Å². The average molecular weight is 421 g/mol. The summed E-state index contributed by atoms with van der Waals surface area (Å²) in [6, 6.07) is 19.0. The van der Waals surface area contributed by atoms with Crippen LogP contribution in [0.3, 0.4) is 0 Å². The van der Waals surface area contributed by atoms with Gasteiger partial charge in [0.1, 0.15) is 13.2 Å². The van der Waals surface area contributed by atoms with E-state index in [0.29, 0.717) is 5.92 Å². The molecule has 1 fully saturated rings. The molecule has 2 aromatic carbocycles. The van der Waals surface area contributed by atoms with Gasteiger partial charge in [0.2, 0.25) is 0 Å². The Morgan fingerprint density at radius 1 is 0.903 bits per heavy atom. The van der Waals surface area contributed by atoms with E-state index in [4.69, 9.17) is 9.47 Å². The molecular weight excluding hydrogens is 388 g/mol. The number of carbonyl (C=O) groups excluding carboxylic acids is 2. The molecule has 0 amide bonds. The Bertz CT molecular complexity index is 819. The predicted octanol–water partition coefficient (Wildman–Crippen LogP) is 5.72. The molecule has 0 radical (unpaired) electrons. The fraction of sp³-hybridized carbons (Fsp3) is 0.407. The molecule has 0 N–H and O–H groups in total. The Balaban J connectivity index is 1.78. The second-order valence-corrected chi connectivity index (χ2v) is 8.70. The number of ether oxygens (including phenoxy) is 2. The van der Waals surface area contributed by atoms with Crippen molar-refractivity contribution in [1.82, 2.24) is 0 Å². The molecule has 0 aromatic heterocycles. The highest BCUT2D eigenvalue weighted by Gasteiger charge is 2.44. The maximum atomic E-state index is 13.2. The second-order valence-electron chi connectivity index (χ2n) is 8.70. The van der Waals surface area contributed by atoms with E-state index >= 15 is 0 Å². The summed E-state index contributed by atoms with van der Waals surface area (Å²) < 4.78 is 11.2. The van der Waals surface area contributed by atoms with Crippen molar-refractivity contribution in [3.63, 3.8) is 0 Å². The van der Waals surface area contributed by atoms with Crippen LogP contribution in [0.4, 0.5) is 0 Å². The van der Waals surface area contributed by atoms with Crippen molar-refractivity contribution in [3.05, 3.63) is 83.9 Å². The molecule has 0 saturated heterocycles. The smallest absolute Gasteiger partial charge is 0.320 e. The Labute approximate surface area is 185 Å². The molecule has 31 heavy (non-hydrogen) atoms. The van der Waals surface area contributed by atoms with Crippen molar-refractivity contribution < 1.29 is 19.1 Å². The van der Waals surface area contributed by atoms with Crippen LogP contribution in [0, 0.1) is 23.7 Å². The van der Waals surface area contributed by atoms with E-state index in [2.05, 4.69) is 13.5 Å². The Morgan fingerprint density at radius 3 is 1.84 bits per heavy atom. The summed E-state index contributed by atoms with van der Waals surface area (Å²) in [5.41, 5.74) is 2.79. The zero-order valence-electron chi connectivity index (χ0n) is 18.5. The minimum Gasteiger partial charge on any atom is -0.460 e. The highest BCUT2D eigenvalue weighted by atomic mass is 16.6. The number of rotatable bonds is 8. The lowest BCUT2D eigenvalue weighted by molar-refractivity contribution is -0.168. The quantitative estimate of drug-likeness (QED) is 0.311. The van der Waals surface area contributed by atoms with Crippen LogP contribution in [0.25, 0.3) is 0 Å². The molecule has 1 saturated carbocycles. The lowest BCUT2D eigenvalue weighted by Crippen LogP contribution is -2.41. The summed E-state index contributed by atoms with van der Waals surface area (Å²) in [5, 5.41) is 0. The zero-order chi connectivity index (χ0) is 22.2. The zero-order valence-corrected chi connectivity index (χ0v) is 18.5. The normalized spacial score (nSPS) is 20.8. The fourth-order valence-corrected chi connectivity index (χ4v) is 4.49. The molecule has 0 aliphatic heterocycles. The van der Waals surface area contributed by atoms with Gasteiger partial charge in [0.25, 0.3) is 0 Å². The molecule has 3 atom stereocenters. The van der Waals surface area contributed by atoms with E-state index in [1.54, 1.807) is 0 Å². The first-order valence-electron chi connectivity index (χ1n) is 11.0. The van der Waals surface area contributed by atoms with Crippen LogP contribution in [0.15, 0.2) is 72.8 Å². The van der Waals surface area contributed by atoms with Crippen molar-refractivity contribution in [3.8, 4) is 0 Å². The standard InChI is InChI=1S/C27H32O4/c1-19(2)23-15-14-20(3)16-24(23)25(26(28)30-17-21-10-6-4-7-11-21)27(29)31-18-22-12-8-5-9-13-22/h4-13,20,23-25H,1,14-18H2,2-3H3/t20-,23+,24-/m1/s1. The lowest BCUT2D eigenvalue weighted by Gasteiger charge is -2.38. The average Bonchev–Trinajstić information content (AvgIpc) is 2.78. The van der Waals surface area contributed by atoms with Gasteiger partial charge < -0.3 is 9.47 Å². The van der Waals surface area contributed by atoms with E-state index in [0.717, 1.165) is 36.0 Å². The molecule has 0 spiro atoms. The fourth-order valence-electron chi connectivity index (χ4n) is 4.49. The number of hydrogen-bond donors (Lipinski definition) is 0.